The summed E-state index contributed by atoms with van der Waals surface area (Å²) in [6.45, 7) is 9.28. The van der Waals surface area contributed by atoms with E-state index in [1.165, 1.54) is 6.33 Å². The summed E-state index contributed by atoms with van der Waals surface area (Å²) in [5, 5.41) is 14.6. The third-order valence-corrected chi connectivity index (χ3v) is 5.97. The largest absolute Gasteiger partial charge is 0.444 e. The molecule has 1 amide bonds. The summed E-state index contributed by atoms with van der Waals surface area (Å²) in [5.74, 6) is 1.32. The molecule has 1 unspecified atom stereocenters. The molecule has 5 heterocycles. The highest BCUT2D eigenvalue weighted by molar-refractivity contribution is 5.96. The maximum atomic E-state index is 12.7. The number of fused-ring (bicyclic) bond motifs is 1. The predicted octanol–water partition coefficient (Wildman–Crippen LogP) is 3.32. The molecule has 5 rings (SSSR count). The lowest BCUT2D eigenvalue weighted by molar-refractivity contribution is 0.0159. The second-order valence-corrected chi connectivity index (χ2v) is 9.71. The highest BCUT2D eigenvalue weighted by Gasteiger charge is 2.33. The number of amides is 1. The number of carbonyl (C=O) groups excluding carboxylic acids is 1. The maximum Gasteiger partial charge on any atom is 0.410 e. The van der Waals surface area contributed by atoms with E-state index in [9.17, 15) is 10.1 Å². The molecule has 1 atom stereocenters. The van der Waals surface area contributed by atoms with Gasteiger partial charge >= 0.3 is 6.09 Å². The zero-order valence-corrected chi connectivity index (χ0v) is 20.7. The van der Waals surface area contributed by atoms with Gasteiger partial charge in [-0.25, -0.2) is 24.4 Å². The van der Waals surface area contributed by atoms with Gasteiger partial charge in [0.05, 0.1) is 22.7 Å². The van der Waals surface area contributed by atoms with Crippen LogP contribution in [0.1, 0.15) is 33.3 Å². The molecular formula is C25H27N9O2. The summed E-state index contributed by atoms with van der Waals surface area (Å²) < 4.78 is 9.21. The molecule has 0 N–H and O–H groups in total. The van der Waals surface area contributed by atoms with E-state index in [0.29, 0.717) is 36.7 Å². The summed E-state index contributed by atoms with van der Waals surface area (Å²) in [6, 6.07) is 7.31. The van der Waals surface area contributed by atoms with Gasteiger partial charge in [-0.3, -0.25) is 4.57 Å². The lowest BCUT2D eigenvalue weighted by Gasteiger charge is -2.40. The number of nitriles is 1. The quantitative estimate of drug-likeness (QED) is 0.434. The van der Waals surface area contributed by atoms with Gasteiger partial charge < -0.3 is 14.5 Å². The molecule has 0 radical (unpaired) electrons. The molecule has 1 aliphatic heterocycles. The van der Waals surface area contributed by atoms with Gasteiger partial charge in [0, 0.05) is 50.5 Å². The molecule has 1 fully saturated rings. The number of ether oxygens (including phenoxy) is 1. The molecule has 11 heteroatoms. The van der Waals surface area contributed by atoms with Crippen LogP contribution in [0.2, 0.25) is 0 Å². The highest BCUT2D eigenvalue weighted by Crippen LogP contribution is 2.33. The van der Waals surface area contributed by atoms with Crippen LogP contribution in [-0.4, -0.2) is 71.6 Å². The van der Waals surface area contributed by atoms with Crippen molar-refractivity contribution in [3.05, 3.63) is 54.9 Å². The minimum absolute atomic E-state index is 0.0807. The minimum atomic E-state index is -0.550. The maximum absolute atomic E-state index is 12.7. The van der Waals surface area contributed by atoms with Gasteiger partial charge in [0.2, 0.25) is 0 Å². The lowest BCUT2D eigenvalue weighted by Crippen LogP contribution is -2.55. The molecule has 0 spiro atoms. The van der Waals surface area contributed by atoms with E-state index < -0.39 is 5.60 Å². The fraction of sp³-hybridized carbons (Fsp3) is 0.360. The Kier molecular flexibility index (Phi) is 5.80. The number of aromatic nitrogens is 6. The van der Waals surface area contributed by atoms with Gasteiger partial charge in [0.25, 0.3) is 0 Å². The minimum Gasteiger partial charge on any atom is -0.444 e. The van der Waals surface area contributed by atoms with Crippen molar-refractivity contribution in [2.45, 2.75) is 39.3 Å². The molecule has 36 heavy (non-hydrogen) atoms. The summed E-state index contributed by atoms with van der Waals surface area (Å²) >= 11 is 0. The van der Waals surface area contributed by atoms with Crippen LogP contribution in [-0.2, 0) is 4.74 Å². The molecular weight excluding hydrogens is 458 g/mol. The van der Waals surface area contributed by atoms with Crippen molar-refractivity contribution in [2.75, 3.05) is 24.5 Å². The van der Waals surface area contributed by atoms with E-state index in [-0.39, 0.29) is 12.1 Å². The van der Waals surface area contributed by atoms with Crippen molar-refractivity contribution >= 4 is 22.9 Å². The average molecular weight is 486 g/mol. The number of anilines is 1. The number of carbonyl (C=O) groups is 1. The average Bonchev–Trinajstić information content (AvgIpc) is 3.51. The first kappa shape index (κ1) is 23.3. The Hall–Kier alpha value is -4.46. The van der Waals surface area contributed by atoms with Crippen LogP contribution < -0.4 is 4.90 Å². The fourth-order valence-corrected chi connectivity index (χ4v) is 4.39. The van der Waals surface area contributed by atoms with Gasteiger partial charge in [-0.1, -0.05) is 0 Å². The standard InChI is InChI=1S/C25H27N9O2/c1-17-14-31(10-11-32(17)24(35)36-25(2,3)4)22-21-19(34-9-5-7-30-34)15-33(23(21)29-16-28-22)20-12-18(13-26)6-8-27-20/h5-9,12,15-17H,10-11,14H2,1-4H3. The predicted molar refractivity (Wildman–Crippen MR) is 133 cm³/mol. The zero-order valence-electron chi connectivity index (χ0n) is 20.7. The van der Waals surface area contributed by atoms with Crippen LogP contribution >= 0.6 is 0 Å². The van der Waals surface area contributed by atoms with Crippen LogP contribution in [0.4, 0.5) is 10.6 Å². The molecule has 1 saturated heterocycles. The summed E-state index contributed by atoms with van der Waals surface area (Å²) in [6.07, 6.45) is 8.29. The van der Waals surface area contributed by atoms with Crippen molar-refractivity contribution in [1.29, 1.82) is 5.26 Å². The van der Waals surface area contributed by atoms with Crippen molar-refractivity contribution < 1.29 is 9.53 Å². The second-order valence-electron chi connectivity index (χ2n) is 9.71. The molecule has 184 valence electrons. The van der Waals surface area contributed by atoms with Crippen molar-refractivity contribution in [3.8, 4) is 17.6 Å². The Bertz CT molecular complexity index is 1450. The monoisotopic (exact) mass is 485 g/mol. The number of nitrogens with zero attached hydrogens (tertiary/aromatic N) is 9. The zero-order chi connectivity index (χ0) is 25.4. The number of piperazine rings is 1. The normalized spacial score (nSPS) is 16.2. The third kappa shape index (κ3) is 4.33. The van der Waals surface area contributed by atoms with Gasteiger partial charge in [-0.15, -0.1) is 0 Å². The van der Waals surface area contributed by atoms with Crippen molar-refractivity contribution in [2.24, 2.45) is 0 Å². The molecule has 4 aromatic rings. The van der Waals surface area contributed by atoms with Gasteiger partial charge in [0.15, 0.2) is 5.65 Å². The smallest absolute Gasteiger partial charge is 0.410 e. The SMILES string of the molecule is CC1CN(c2ncnc3c2c(-n2cccn2)cn3-c2cc(C#N)ccn2)CCN1C(=O)OC(C)(C)C. The Morgan fingerprint density at radius 1 is 1.19 bits per heavy atom. The summed E-state index contributed by atoms with van der Waals surface area (Å²) in [7, 11) is 0. The Morgan fingerprint density at radius 2 is 2.03 bits per heavy atom. The second kappa shape index (κ2) is 8.96. The van der Waals surface area contributed by atoms with Crippen LogP contribution in [0, 0.1) is 11.3 Å². The molecule has 1 aliphatic rings. The molecule has 0 aliphatic carbocycles. The molecule has 0 aromatic carbocycles. The fourth-order valence-electron chi connectivity index (χ4n) is 4.39. The molecule has 4 aromatic heterocycles. The number of pyridine rings is 1. The lowest BCUT2D eigenvalue weighted by atomic mass is 10.1. The van der Waals surface area contributed by atoms with E-state index in [1.807, 2.05) is 50.7 Å². The van der Waals surface area contributed by atoms with Crippen LogP contribution in [0.5, 0.6) is 0 Å². The first-order valence-corrected chi connectivity index (χ1v) is 11.7. The molecule has 0 saturated carbocycles. The summed E-state index contributed by atoms with van der Waals surface area (Å²) in [5.41, 5.74) is 1.39. The van der Waals surface area contributed by atoms with E-state index in [4.69, 9.17) is 4.74 Å². The first-order valence-electron chi connectivity index (χ1n) is 11.7. The van der Waals surface area contributed by atoms with Crippen LogP contribution in [0.25, 0.3) is 22.5 Å². The van der Waals surface area contributed by atoms with Crippen LogP contribution in [0.3, 0.4) is 0 Å². The Labute approximate surface area is 208 Å². The van der Waals surface area contributed by atoms with E-state index in [2.05, 4.69) is 31.0 Å². The Morgan fingerprint density at radius 3 is 2.72 bits per heavy atom. The van der Waals surface area contributed by atoms with Gasteiger partial charge in [-0.2, -0.15) is 10.4 Å². The molecule has 11 nitrogen and oxygen atoms in total. The highest BCUT2D eigenvalue weighted by atomic mass is 16.6. The number of hydrogen-bond acceptors (Lipinski definition) is 8. The third-order valence-electron chi connectivity index (χ3n) is 5.97. The van der Waals surface area contributed by atoms with Gasteiger partial charge in [0.1, 0.15) is 23.6 Å². The van der Waals surface area contributed by atoms with Crippen LogP contribution in [0.15, 0.2) is 49.3 Å². The number of rotatable bonds is 3. The number of hydrogen-bond donors (Lipinski definition) is 0. The van der Waals surface area contributed by atoms with Crippen molar-refractivity contribution in [1.82, 2.24) is 34.2 Å². The van der Waals surface area contributed by atoms with Crippen molar-refractivity contribution in [3.63, 3.8) is 0 Å². The topological polar surface area (TPSA) is 118 Å². The molecule has 0 bridgehead atoms. The van der Waals surface area contributed by atoms with E-state index in [0.717, 1.165) is 16.9 Å². The van der Waals surface area contributed by atoms with E-state index in [1.54, 1.807) is 34.1 Å². The van der Waals surface area contributed by atoms with E-state index >= 15 is 0 Å². The summed E-state index contributed by atoms with van der Waals surface area (Å²) in [4.78, 5) is 30.3. The van der Waals surface area contributed by atoms with Gasteiger partial charge in [-0.05, 0) is 45.9 Å². The first-order chi connectivity index (χ1) is 17.2. The Balaban J connectivity index is 1.56.